The molecule has 3 heteroatoms. The molecule has 0 unspecified atom stereocenters. The molecule has 0 aliphatic heterocycles. The molecular formula is C40H26N2O. The summed E-state index contributed by atoms with van der Waals surface area (Å²) in [5.74, 6) is 0.814. The van der Waals surface area contributed by atoms with E-state index in [1.54, 1.807) is 6.07 Å². The molecule has 0 aliphatic rings. The number of hydrogen-bond acceptors (Lipinski definition) is 2. The van der Waals surface area contributed by atoms with Crippen molar-refractivity contribution < 1.29 is 8.53 Å². The average Bonchev–Trinajstić information content (AvgIpc) is 3.65. The number of aromatic nitrogens is 2. The molecule has 3 nitrogen and oxygen atoms in total. The molecule has 0 bridgehead atoms. The van der Waals surface area contributed by atoms with Crippen LogP contribution in [-0.4, -0.2) is 9.55 Å². The van der Waals surface area contributed by atoms with Crippen LogP contribution in [0.3, 0.4) is 0 Å². The number of imidazole rings is 1. The Morgan fingerprint density at radius 2 is 1.37 bits per heavy atom. The summed E-state index contributed by atoms with van der Waals surface area (Å²) in [6.45, 7) is -2.19. The summed E-state index contributed by atoms with van der Waals surface area (Å²) in [5, 5.41) is 5.95. The molecule has 0 N–H and O–H groups in total. The standard InChI is InChI=1S/C40H26N2O/c1-25-20-22-29(31-14-5-4-12-28(25)31)27-21-23-38-34(24-27)32-15-9-16-33(39(32)43-38)40-41-35-17-6-7-18-37(35)42(40)36-19-8-11-26-10-2-3-13-30(26)36/h2-24H,1H3/i1D3. The highest BCUT2D eigenvalue weighted by Crippen LogP contribution is 2.40. The lowest BCUT2D eigenvalue weighted by molar-refractivity contribution is 0.669. The highest BCUT2D eigenvalue weighted by atomic mass is 16.3. The van der Waals surface area contributed by atoms with Crippen LogP contribution in [0.2, 0.25) is 0 Å². The van der Waals surface area contributed by atoms with Crippen molar-refractivity contribution in [3.05, 3.63) is 145 Å². The zero-order chi connectivity index (χ0) is 31.0. The highest BCUT2D eigenvalue weighted by molar-refractivity contribution is 6.11. The molecule has 0 saturated carbocycles. The van der Waals surface area contributed by atoms with Gasteiger partial charge < -0.3 is 4.42 Å². The third-order valence-corrected chi connectivity index (χ3v) is 8.54. The Bertz CT molecular complexity index is 2640. The summed E-state index contributed by atoms with van der Waals surface area (Å²) in [6, 6.07) is 46.8. The van der Waals surface area contributed by atoms with E-state index in [0.717, 1.165) is 82.7 Å². The van der Waals surface area contributed by atoms with E-state index in [1.165, 1.54) is 0 Å². The van der Waals surface area contributed by atoms with Crippen molar-refractivity contribution in [2.75, 3.05) is 0 Å². The molecular weight excluding hydrogens is 524 g/mol. The largest absolute Gasteiger partial charge is 0.455 e. The predicted octanol–water partition coefficient (Wildman–Crippen LogP) is 10.9. The van der Waals surface area contributed by atoms with E-state index < -0.39 is 6.85 Å². The first-order chi connectivity index (χ1) is 22.5. The van der Waals surface area contributed by atoms with Crippen LogP contribution in [0.25, 0.3) is 82.7 Å². The van der Waals surface area contributed by atoms with Gasteiger partial charge >= 0.3 is 0 Å². The number of hydrogen-bond donors (Lipinski definition) is 0. The van der Waals surface area contributed by atoms with Crippen LogP contribution in [0.5, 0.6) is 0 Å². The second kappa shape index (κ2) is 9.17. The molecule has 9 rings (SSSR count). The summed E-state index contributed by atoms with van der Waals surface area (Å²) in [6.07, 6.45) is 0. The highest BCUT2D eigenvalue weighted by Gasteiger charge is 2.21. The Morgan fingerprint density at radius 3 is 2.30 bits per heavy atom. The van der Waals surface area contributed by atoms with Crippen molar-refractivity contribution in [3.8, 4) is 28.2 Å². The zero-order valence-electron chi connectivity index (χ0n) is 26.1. The van der Waals surface area contributed by atoms with Crippen molar-refractivity contribution in [1.29, 1.82) is 0 Å². The van der Waals surface area contributed by atoms with Gasteiger partial charge in [-0.2, -0.15) is 0 Å². The first-order valence-electron chi connectivity index (χ1n) is 15.9. The van der Waals surface area contributed by atoms with Crippen molar-refractivity contribution >= 4 is 54.5 Å². The average molecular weight is 554 g/mol. The van der Waals surface area contributed by atoms with E-state index in [0.29, 0.717) is 5.56 Å². The van der Waals surface area contributed by atoms with E-state index >= 15 is 0 Å². The molecule has 202 valence electrons. The molecule has 0 fully saturated rings. The zero-order valence-corrected chi connectivity index (χ0v) is 23.1. The molecule has 0 amide bonds. The maximum absolute atomic E-state index is 8.06. The van der Waals surface area contributed by atoms with Crippen LogP contribution in [0.15, 0.2) is 144 Å². The minimum absolute atomic E-state index is 0.361. The Balaban J connectivity index is 1.28. The van der Waals surface area contributed by atoms with Crippen LogP contribution < -0.4 is 0 Å². The summed E-state index contributed by atoms with van der Waals surface area (Å²) in [5.41, 5.74) is 7.80. The van der Waals surface area contributed by atoms with Crippen molar-refractivity contribution in [3.63, 3.8) is 0 Å². The van der Waals surface area contributed by atoms with Gasteiger partial charge in [0, 0.05) is 20.3 Å². The van der Waals surface area contributed by atoms with E-state index in [2.05, 4.69) is 77.4 Å². The number of furan rings is 1. The van der Waals surface area contributed by atoms with Crippen LogP contribution in [0.4, 0.5) is 0 Å². The van der Waals surface area contributed by atoms with Gasteiger partial charge in [0.25, 0.3) is 0 Å². The van der Waals surface area contributed by atoms with Gasteiger partial charge in [0.2, 0.25) is 0 Å². The molecule has 0 saturated heterocycles. The van der Waals surface area contributed by atoms with Crippen molar-refractivity contribution in [2.24, 2.45) is 0 Å². The van der Waals surface area contributed by atoms with Crippen molar-refractivity contribution in [2.45, 2.75) is 6.85 Å². The van der Waals surface area contributed by atoms with Crippen LogP contribution in [-0.2, 0) is 0 Å². The van der Waals surface area contributed by atoms with Gasteiger partial charge in [-0.1, -0.05) is 103 Å². The molecule has 2 aromatic heterocycles. The van der Waals surface area contributed by atoms with Crippen LogP contribution >= 0.6 is 0 Å². The minimum atomic E-state index is -2.19. The second-order valence-electron chi connectivity index (χ2n) is 11.0. The first kappa shape index (κ1) is 21.1. The third kappa shape index (κ3) is 3.58. The fraction of sp³-hybridized carbons (Fsp3) is 0.0250. The lowest BCUT2D eigenvalue weighted by Gasteiger charge is -2.13. The smallest absolute Gasteiger partial charge is 0.149 e. The summed E-state index contributed by atoms with van der Waals surface area (Å²) in [7, 11) is 0. The Labute approximate surface area is 252 Å². The molecule has 2 heterocycles. The van der Waals surface area contributed by atoms with Gasteiger partial charge in [0.15, 0.2) is 0 Å². The van der Waals surface area contributed by atoms with Gasteiger partial charge in [-0.3, -0.25) is 4.57 Å². The van der Waals surface area contributed by atoms with Crippen LogP contribution in [0.1, 0.15) is 9.68 Å². The van der Waals surface area contributed by atoms with E-state index in [9.17, 15) is 0 Å². The number of fused-ring (bicyclic) bond motifs is 6. The summed E-state index contributed by atoms with van der Waals surface area (Å²) in [4.78, 5) is 5.17. The van der Waals surface area contributed by atoms with Gasteiger partial charge in [0.1, 0.15) is 17.0 Å². The summed E-state index contributed by atoms with van der Waals surface area (Å²) < 4.78 is 33.0. The van der Waals surface area contributed by atoms with Gasteiger partial charge in [0.05, 0.1) is 22.3 Å². The molecule has 0 radical (unpaired) electrons. The fourth-order valence-corrected chi connectivity index (χ4v) is 6.55. The Kier molecular flexibility index (Phi) is 4.50. The molecule has 7 aromatic carbocycles. The van der Waals surface area contributed by atoms with E-state index in [4.69, 9.17) is 13.5 Å². The molecule has 43 heavy (non-hydrogen) atoms. The topological polar surface area (TPSA) is 31.0 Å². The number of nitrogens with zero attached hydrogens (tertiary/aromatic N) is 2. The molecule has 0 spiro atoms. The second-order valence-corrected chi connectivity index (χ2v) is 11.0. The normalized spacial score (nSPS) is 13.2. The van der Waals surface area contributed by atoms with Gasteiger partial charge in [-0.15, -0.1) is 0 Å². The lowest BCUT2D eigenvalue weighted by atomic mass is 9.94. The van der Waals surface area contributed by atoms with Gasteiger partial charge in [-0.25, -0.2) is 4.98 Å². The quantitative estimate of drug-likeness (QED) is 0.218. The number of benzene rings is 7. The molecule has 0 aliphatic carbocycles. The molecule has 9 aromatic rings. The fourth-order valence-electron chi connectivity index (χ4n) is 6.55. The van der Waals surface area contributed by atoms with Crippen molar-refractivity contribution in [1.82, 2.24) is 9.55 Å². The maximum Gasteiger partial charge on any atom is 0.149 e. The number of para-hydroxylation sites is 3. The summed E-state index contributed by atoms with van der Waals surface area (Å²) >= 11 is 0. The monoisotopic (exact) mass is 553 g/mol. The van der Waals surface area contributed by atoms with Gasteiger partial charge in [-0.05, 0) is 76.1 Å². The van der Waals surface area contributed by atoms with E-state index in [1.807, 2.05) is 60.7 Å². The lowest BCUT2D eigenvalue weighted by Crippen LogP contribution is -1.99. The third-order valence-electron chi connectivity index (χ3n) is 8.54. The maximum atomic E-state index is 8.06. The Hall–Kier alpha value is -5.67. The van der Waals surface area contributed by atoms with Crippen LogP contribution in [0, 0.1) is 6.85 Å². The number of rotatable bonds is 3. The Morgan fingerprint density at radius 1 is 0.605 bits per heavy atom. The first-order valence-corrected chi connectivity index (χ1v) is 14.4. The molecule has 0 atom stereocenters. The van der Waals surface area contributed by atoms with E-state index in [-0.39, 0.29) is 0 Å². The minimum Gasteiger partial charge on any atom is -0.455 e. The number of aryl methyl sites for hydroxylation is 1. The SMILES string of the molecule is [2H]C([2H])([2H])c1ccc(-c2ccc3oc4c(-c5nc6ccccc6n5-c5cccc6ccccc56)cccc4c3c2)c2ccccc12. The predicted molar refractivity (Wildman–Crippen MR) is 179 cm³/mol.